The number of nitrogens with zero attached hydrogens (tertiary/aromatic N) is 1. The second-order valence-electron chi connectivity index (χ2n) is 5.81. The van der Waals surface area contributed by atoms with Crippen molar-refractivity contribution in [1.29, 1.82) is 0 Å². The van der Waals surface area contributed by atoms with Gasteiger partial charge in [-0.3, -0.25) is 4.79 Å². The van der Waals surface area contributed by atoms with E-state index < -0.39 is 0 Å². The molecule has 1 saturated carbocycles. The van der Waals surface area contributed by atoms with Gasteiger partial charge in [0, 0.05) is 6.07 Å². The number of carbonyl (C=O) groups excluding carboxylic acids is 1. The van der Waals surface area contributed by atoms with E-state index in [4.69, 9.17) is 4.52 Å². The summed E-state index contributed by atoms with van der Waals surface area (Å²) in [5.74, 6) is 0.452. The van der Waals surface area contributed by atoms with E-state index in [1.165, 1.54) is 0 Å². The lowest BCUT2D eigenvalue weighted by atomic mass is 9.71. The lowest BCUT2D eigenvalue weighted by molar-refractivity contribution is 0.0814. The Morgan fingerprint density at radius 3 is 2.65 bits per heavy atom. The third kappa shape index (κ3) is 2.57. The molecular formula is C18H16N2O2S. The molecular weight excluding hydrogens is 308 g/mol. The highest BCUT2D eigenvalue weighted by Gasteiger charge is 2.40. The highest BCUT2D eigenvalue weighted by molar-refractivity contribution is 7.13. The van der Waals surface area contributed by atoms with E-state index in [1.54, 1.807) is 17.4 Å². The summed E-state index contributed by atoms with van der Waals surface area (Å²) in [5, 5.41) is 9.06. The summed E-state index contributed by atoms with van der Waals surface area (Å²) in [4.78, 5) is 13.5. The maximum absolute atomic E-state index is 12.6. The van der Waals surface area contributed by atoms with Gasteiger partial charge >= 0.3 is 0 Å². The second kappa shape index (κ2) is 5.66. The van der Waals surface area contributed by atoms with Gasteiger partial charge in [0.05, 0.1) is 10.4 Å². The molecule has 1 aliphatic carbocycles. The number of hydrogen-bond donors (Lipinski definition) is 1. The molecule has 5 heteroatoms. The number of nitrogens with one attached hydrogen (secondary N) is 1. The Hall–Kier alpha value is -2.40. The van der Waals surface area contributed by atoms with E-state index in [0.29, 0.717) is 11.5 Å². The zero-order chi connectivity index (χ0) is 15.7. The first-order chi connectivity index (χ1) is 11.3. The summed E-state index contributed by atoms with van der Waals surface area (Å²) in [6.07, 6.45) is 3.03. The van der Waals surface area contributed by atoms with Crippen LogP contribution in [0, 0.1) is 0 Å². The fourth-order valence-corrected chi connectivity index (χ4v) is 3.65. The van der Waals surface area contributed by atoms with E-state index in [9.17, 15) is 4.79 Å². The minimum atomic E-state index is -0.264. The van der Waals surface area contributed by atoms with Crippen molar-refractivity contribution in [1.82, 2.24) is 10.5 Å². The molecule has 0 atom stereocenters. The minimum absolute atomic E-state index is 0.180. The van der Waals surface area contributed by atoms with Gasteiger partial charge in [-0.05, 0) is 36.3 Å². The fourth-order valence-electron chi connectivity index (χ4n) is 2.97. The number of rotatable bonds is 4. The minimum Gasteiger partial charge on any atom is -0.355 e. The number of amides is 1. The number of benzene rings is 1. The first kappa shape index (κ1) is 14.2. The Kier molecular flexibility index (Phi) is 3.50. The van der Waals surface area contributed by atoms with Crippen LogP contribution in [0.5, 0.6) is 0 Å². The number of carbonyl (C=O) groups is 1. The average Bonchev–Trinajstić information content (AvgIpc) is 3.22. The van der Waals surface area contributed by atoms with Crippen molar-refractivity contribution in [2.75, 3.05) is 0 Å². The quantitative estimate of drug-likeness (QED) is 0.782. The number of aromatic nitrogens is 1. The van der Waals surface area contributed by atoms with Crippen LogP contribution in [0.25, 0.3) is 10.6 Å². The summed E-state index contributed by atoms with van der Waals surface area (Å²) in [6, 6.07) is 15.7. The number of thiophene rings is 1. The Labute approximate surface area is 138 Å². The molecule has 4 rings (SSSR count). The van der Waals surface area contributed by atoms with Crippen molar-refractivity contribution in [3.63, 3.8) is 0 Å². The van der Waals surface area contributed by atoms with Crippen LogP contribution in [-0.2, 0) is 5.54 Å². The van der Waals surface area contributed by atoms with Crippen LogP contribution in [0.3, 0.4) is 0 Å². The van der Waals surface area contributed by atoms with Crippen molar-refractivity contribution in [2.24, 2.45) is 0 Å². The summed E-state index contributed by atoms with van der Waals surface area (Å²) >= 11 is 1.56. The summed E-state index contributed by atoms with van der Waals surface area (Å²) in [7, 11) is 0. The Balaban J connectivity index is 1.56. The highest BCUT2D eigenvalue weighted by atomic mass is 32.1. The van der Waals surface area contributed by atoms with Crippen LogP contribution in [0.15, 0.2) is 58.4 Å². The standard InChI is InChI=1S/C18H16N2O2S/c21-17(14-12-15(22-20-14)16-8-4-11-23-16)19-18(9-5-10-18)13-6-2-1-3-7-13/h1-4,6-8,11-12H,5,9-10H2,(H,19,21). The molecule has 23 heavy (non-hydrogen) atoms. The lowest BCUT2D eigenvalue weighted by Crippen LogP contribution is -2.50. The summed E-state index contributed by atoms with van der Waals surface area (Å²) in [5.41, 5.74) is 1.22. The summed E-state index contributed by atoms with van der Waals surface area (Å²) in [6.45, 7) is 0. The van der Waals surface area contributed by atoms with Crippen LogP contribution >= 0.6 is 11.3 Å². The molecule has 1 aliphatic rings. The van der Waals surface area contributed by atoms with Crippen molar-refractivity contribution in [3.8, 4) is 10.6 Å². The molecule has 3 aromatic rings. The van der Waals surface area contributed by atoms with E-state index in [0.717, 1.165) is 29.7 Å². The molecule has 1 fully saturated rings. The SMILES string of the molecule is O=C(NC1(c2ccccc2)CCC1)c1cc(-c2cccs2)on1. The molecule has 0 unspecified atom stereocenters. The molecule has 0 bridgehead atoms. The third-order valence-corrected chi connectivity index (χ3v) is 5.28. The first-order valence-electron chi connectivity index (χ1n) is 7.65. The van der Waals surface area contributed by atoms with Gasteiger partial charge in [-0.25, -0.2) is 0 Å². The maximum Gasteiger partial charge on any atom is 0.274 e. The second-order valence-corrected chi connectivity index (χ2v) is 6.76. The molecule has 2 heterocycles. The Bertz CT molecular complexity index is 805. The van der Waals surface area contributed by atoms with Crippen molar-refractivity contribution in [2.45, 2.75) is 24.8 Å². The lowest BCUT2D eigenvalue weighted by Gasteiger charge is -2.42. The van der Waals surface area contributed by atoms with E-state index >= 15 is 0 Å². The van der Waals surface area contributed by atoms with Crippen LogP contribution in [0.1, 0.15) is 35.3 Å². The molecule has 1 N–H and O–H groups in total. The van der Waals surface area contributed by atoms with Gasteiger partial charge in [-0.15, -0.1) is 11.3 Å². The van der Waals surface area contributed by atoms with Gasteiger partial charge in [0.15, 0.2) is 11.5 Å². The predicted molar refractivity (Wildman–Crippen MR) is 89.3 cm³/mol. The molecule has 0 saturated heterocycles. The van der Waals surface area contributed by atoms with Gasteiger partial charge in [0.2, 0.25) is 0 Å². The molecule has 2 aromatic heterocycles. The van der Waals surface area contributed by atoms with Gasteiger partial charge in [-0.2, -0.15) is 0 Å². The largest absolute Gasteiger partial charge is 0.355 e. The Morgan fingerprint density at radius 2 is 2.00 bits per heavy atom. The smallest absolute Gasteiger partial charge is 0.274 e. The van der Waals surface area contributed by atoms with E-state index in [1.807, 2.05) is 35.7 Å². The molecule has 0 spiro atoms. The average molecular weight is 324 g/mol. The van der Waals surface area contributed by atoms with Gasteiger partial charge in [-0.1, -0.05) is 41.6 Å². The predicted octanol–water partition coefficient (Wildman–Crippen LogP) is 4.21. The topological polar surface area (TPSA) is 55.1 Å². The monoisotopic (exact) mass is 324 g/mol. The van der Waals surface area contributed by atoms with Gasteiger partial charge in [0.1, 0.15) is 0 Å². The summed E-state index contributed by atoms with van der Waals surface area (Å²) < 4.78 is 5.30. The maximum atomic E-state index is 12.6. The number of hydrogen-bond acceptors (Lipinski definition) is 4. The molecule has 1 amide bonds. The molecule has 0 aliphatic heterocycles. The van der Waals surface area contributed by atoms with Crippen molar-refractivity contribution >= 4 is 17.2 Å². The van der Waals surface area contributed by atoms with Crippen LogP contribution < -0.4 is 5.32 Å². The first-order valence-corrected chi connectivity index (χ1v) is 8.53. The third-order valence-electron chi connectivity index (χ3n) is 4.39. The van der Waals surface area contributed by atoms with Crippen LogP contribution in [-0.4, -0.2) is 11.1 Å². The van der Waals surface area contributed by atoms with E-state index in [-0.39, 0.29) is 11.4 Å². The fraction of sp³-hybridized carbons (Fsp3) is 0.222. The normalized spacial score (nSPS) is 15.8. The van der Waals surface area contributed by atoms with Gasteiger partial charge < -0.3 is 9.84 Å². The van der Waals surface area contributed by atoms with Crippen molar-refractivity contribution in [3.05, 3.63) is 65.2 Å². The van der Waals surface area contributed by atoms with Gasteiger partial charge in [0.25, 0.3) is 5.91 Å². The zero-order valence-corrected chi connectivity index (χ0v) is 13.3. The van der Waals surface area contributed by atoms with Crippen LogP contribution in [0.4, 0.5) is 0 Å². The molecule has 0 radical (unpaired) electrons. The highest BCUT2D eigenvalue weighted by Crippen LogP contribution is 2.41. The molecule has 116 valence electrons. The van der Waals surface area contributed by atoms with Crippen LogP contribution in [0.2, 0.25) is 0 Å². The van der Waals surface area contributed by atoms with Crippen molar-refractivity contribution < 1.29 is 9.32 Å². The Morgan fingerprint density at radius 1 is 1.17 bits per heavy atom. The zero-order valence-electron chi connectivity index (χ0n) is 12.5. The van der Waals surface area contributed by atoms with E-state index in [2.05, 4.69) is 22.6 Å². The molecule has 4 nitrogen and oxygen atoms in total. The molecule has 1 aromatic carbocycles.